The summed E-state index contributed by atoms with van der Waals surface area (Å²) < 4.78 is 5.27. The Morgan fingerprint density at radius 1 is 1.30 bits per heavy atom. The number of methoxy groups -OCH3 is 1. The number of nitrogens with one attached hydrogen (secondary N) is 1. The zero-order valence-electron chi connectivity index (χ0n) is 11.0. The molecular weight excluding hydrogens is 274 g/mol. The van der Waals surface area contributed by atoms with Crippen molar-refractivity contribution in [2.45, 2.75) is 5.92 Å². The number of Topliss-reactive ketones (excluding diaryl/α,β-unsaturated/α-hetero) is 1. The third-order valence-corrected chi connectivity index (χ3v) is 3.81. The molecule has 0 spiro atoms. The average molecular weight is 288 g/mol. The van der Waals surface area contributed by atoms with E-state index >= 15 is 0 Å². The molecule has 1 atom stereocenters. The molecule has 1 unspecified atom stereocenters. The van der Waals surface area contributed by atoms with Crippen LogP contribution in [0.15, 0.2) is 42.5 Å². The van der Waals surface area contributed by atoms with E-state index in [9.17, 15) is 4.79 Å². The van der Waals surface area contributed by atoms with Crippen molar-refractivity contribution < 1.29 is 9.53 Å². The van der Waals surface area contributed by atoms with Gasteiger partial charge in [-0.2, -0.15) is 0 Å². The van der Waals surface area contributed by atoms with Gasteiger partial charge in [0.25, 0.3) is 0 Å². The van der Waals surface area contributed by atoms with Crippen molar-refractivity contribution in [1.29, 1.82) is 0 Å². The van der Waals surface area contributed by atoms with Gasteiger partial charge in [-0.25, -0.2) is 0 Å². The fraction of sp³-hybridized carbons (Fsp3) is 0.188. The van der Waals surface area contributed by atoms with Gasteiger partial charge in [-0.1, -0.05) is 29.8 Å². The molecule has 4 heteroatoms. The first-order valence-electron chi connectivity index (χ1n) is 6.41. The second-order valence-corrected chi connectivity index (χ2v) is 5.17. The number of ether oxygens (including phenoxy) is 1. The van der Waals surface area contributed by atoms with Crippen LogP contribution in [-0.4, -0.2) is 19.4 Å². The van der Waals surface area contributed by atoms with E-state index in [1.165, 1.54) is 0 Å². The van der Waals surface area contributed by atoms with Gasteiger partial charge in [0, 0.05) is 17.3 Å². The van der Waals surface area contributed by atoms with Gasteiger partial charge in [-0.15, -0.1) is 0 Å². The molecule has 0 amide bonds. The van der Waals surface area contributed by atoms with Crippen molar-refractivity contribution in [3.8, 4) is 5.75 Å². The molecule has 102 valence electrons. The standard InChI is InChI=1S/C16H14ClNO2/c1-20-15-7-6-10(17)8-12(15)16(19)13-9-18-14-5-3-2-4-11(13)14/h2-8,13,18H,9H2,1H3. The van der Waals surface area contributed by atoms with Crippen LogP contribution in [0.4, 0.5) is 5.69 Å². The molecule has 0 radical (unpaired) electrons. The predicted molar refractivity (Wildman–Crippen MR) is 80.0 cm³/mol. The number of benzene rings is 2. The first-order valence-corrected chi connectivity index (χ1v) is 6.79. The Morgan fingerprint density at radius 2 is 2.10 bits per heavy atom. The molecule has 2 aromatic carbocycles. The lowest BCUT2D eigenvalue weighted by molar-refractivity contribution is 0.0963. The van der Waals surface area contributed by atoms with Crippen LogP contribution in [0.2, 0.25) is 5.02 Å². The van der Waals surface area contributed by atoms with E-state index in [1.807, 2.05) is 24.3 Å². The molecule has 2 aromatic rings. The largest absolute Gasteiger partial charge is 0.496 e. The van der Waals surface area contributed by atoms with Crippen LogP contribution < -0.4 is 10.1 Å². The molecule has 1 heterocycles. The molecule has 0 aromatic heterocycles. The lowest BCUT2D eigenvalue weighted by Crippen LogP contribution is -2.15. The number of carbonyl (C=O) groups excluding carboxylic acids is 1. The number of hydrogen-bond donors (Lipinski definition) is 1. The first kappa shape index (κ1) is 13.0. The van der Waals surface area contributed by atoms with E-state index in [-0.39, 0.29) is 11.7 Å². The van der Waals surface area contributed by atoms with Gasteiger partial charge in [0.05, 0.1) is 18.6 Å². The van der Waals surface area contributed by atoms with E-state index in [0.29, 0.717) is 22.9 Å². The Labute approximate surface area is 122 Å². The highest BCUT2D eigenvalue weighted by Gasteiger charge is 2.30. The number of anilines is 1. The number of rotatable bonds is 3. The summed E-state index contributed by atoms with van der Waals surface area (Å²) in [6, 6.07) is 13.0. The fourth-order valence-electron chi connectivity index (χ4n) is 2.58. The molecular formula is C16H14ClNO2. The van der Waals surface area contributed by atoms with Crippen LogP contribution in [-0.2, 0) is 0 Å². The molecule has 0 aliphatic carbocycles. The van der Waals surface area contributed by atoms with Crippen LogP contribution in [0.3, 0.4) is 0 Å². The van der Waals surface area contributed by atoms with Gasteiger partial charge >= 0.3 is 0 Å². The second-order valence-electron chi connectivity index (χ2n) is 4.73. The summed E-state index contributed by atoms with van der Waals surface area (Å²) in [6.45, 7) is 0.605. The lowest BCUT2D eigenvalue weighted by Gasteiger charge is -2.12. The van der Waals surface area contributed by atoms with E-state index < -0.39 is 0 Å². The highest BCUT2D eigenvalue weighted by molar-refractivity contribution is 6.31. The number of carbonyl (C=O) groups is 1. The van der Waals surface area contributed by atoms with Gasteiger partial charge in [-0.3, -0.25) is 4.79 Å². The molecule has 3 rings (SSSR count). The minimum Gasteiger partial charge on any atom is -0.496 e. The monoisotopic (exact) mass is 287 g/mol. The number of ketones is 1. The number of halogens is 1. The van der Waals surface area contributed by atoms with Gasteiger partial charge in [-0.05, 0) is 29.8 Å². The van der Waals surface area contributed by atoms with Crippen LogP contribution in [0.25, 0.3) is 0 Å². The Hall–Kier alpha value is -2.00. The topological polar surface area (TPSA) is 38.3 Å². The fourth-order valence-corrected chi connectivity index (χ4v) is 2.75. The van der Waals surface area contributed by atoms with Gasteiger partial charge < -0.3 is 10.1 Å². The van der Waals surface area contributed by atoms with Crippen LogP contribution in [0, 0.1) is 0 Å². The normalized spacial score (nSPS) is 16.4. The Bertz CT molecular complexity index is 669. The van der Waals surface area contributed by atoms with E-state index in [0.717, 1.165) is 11.3 Å². The lowest BCUT2D eigenvalue weighted by atomic mass is 9.92. The van der Waals surface area contributed by atoms with Crippen molar-refractivity contribution in [2.75, 3.05) is 19.0 Å². The smallest absolute Gasteiger partial charge is 0.175 e. The summed E-state index contributed by atoms with van der Waals surface area (Å²) in [5.74, 6) is 0.393. The molecule has 1 N–H and O–H groups in total. The van der Waals surface area contributed by atoms with E-state index in [1.54, 1.807) is 25.3 Å². The summed E-state index contributed by atoms with van der Waals surface area (Å²) in [5, 5.41) is 3.79. The average Bonchev–Trinajstić information content (AvgIpc) is 2.90. The summed E-state index contributed by atoms with van der Waals surface area (Å²) >= 11 is 6.00. The van der Waals surface area contributed by atoms with Crippen LogP contribution >= 0.6 is 11.6 Å². The number of fused-ring (bicyclic) bond motifs is 1. The minimum atomic E-state index is -0.196. The maximum atomic E-state index is 12.8. The van der Waals surface area contributed by atoms with Crippen LogP contribution in [0.1, 0.15) is 21.8 Å². The molecule has 1 aliphatic rings. The summed E-state index contributed by atoms with van der Waals surface area (Å²) in [7, 11) is 1.56. The highest BCUT2D eigenvalue weighted by atomic mass is 35.5. The van der Waals surface area contributed by atoms with Crippen LogP contribution in [0.5, 0.6) is 5.75 Å². The second kappa shape index (κ2) is 5.17. The maximum Gasteiger partial charge on any atom is 0.175 e. The van der Waals surface area contributed by atoms with Crippen molar-refractivity contribution in [3.05, 3.63) is 58.6 Å². The predicted octanol–water partition coefficient (Wildman–Crippen LogP) is 3.74. The molecule has 0 saturated heterocycles. The quantitative estimate of drug-likeness (QED) is 0.874. The van der Waals surface area contributed by atoms with E-state index in [4.69, 9.17) is 16.3 Å². The Kier molecular flexibility index (Phi) is 3.36. The molecule has 0 fully saturated rings. The summed E-state index contributed by atoms with van der Waals surface area (Å²) in [4.78, 5) is 12.8. The van der Waals surface area contributed by atoms with Crippen molar-refractivity contribution in [1.82, 2.24) is 0 Å². The van der Waals surface area contributed by atoms with Gasteiger partial charge in [0.1, 0.15) is 5.75 Å². The third kappa shape index (κ3) is 2.14. The number of hydrogen-bond acceptors (Lipinski definition) is 3. The highest BCUT2D eigenvalue weighted by Crippen LogP contribution is 2.35. The molecule has 20 heavy (non-hydrogen) atoms. The molecule has 3 nitrogen and oxygen atoms in total. The van der Waals surface area contributed by atoms with Crippen molar-refractivity contribution >= 4 is 23.1 Å². The Morgan fingerprint density at radius 3 is 2.90 bits per heavy atom. The molecule has 0 saturated carbocycles. The minimum absolute atomic E-state index is 0.0294. The molecule has 1 aliphatic heterocycles. The van der Waals surface area contributed by atoms with Crippen molar-refractivity contribution in [2.24, 2.45) is 0 Å². The summed E-state index contributed by atoms with van der Waals surface area (Å²) in [6.07, 6.45) is 0. The van der Waals surface area contributed by atoms with Gasteiger partial charge in [0.15, 0.2) is 5.78 Å². The summed E-state index contributed by atoms with van der Waals surface area (Å²) in [5.41, 5.74) is 2.58. The third-order valence-electron chi connectivity index (χ3n) is 3.58. The zero-order chi connectivity index (χ0) is 14.1. The van der Waals surface area contributed by atoms with Crippen molar-refractivity contribution in [3.63, 3.8) is 0 Å². The number of para-hydroxylation sites is 1. The maximum absolute atomic E-state index is 12.8. The Balaban J connectivity index is 2.00. The zero-order valence-corrected chi connectivity index (χ0v) is 11.8. The van der Waals surface area contributed by atoms with E-state index in [2.05, 4.69) is 5.32 Å². The first-order chi connectivity index (χ1) is 9.70. The SMILES string of the molecule is COc1ccc(Cl)cc1C(=O)C1CNc2ccccc21. The molecule has 0 bridgehead atoms. The van der Waals surface area contributed by atoms with Gasteiger partial charge in [0.2, 0.25) is 0 Å².